The van der Waals surface area contributed by atoms with Gasteiger partial charge in [-0.2, -0.15) is 5.10 Å². The minimum atomic E-state index is 0.489. The van der Waals surface area contributed by atoms with Crippen LogP contribution in [0.3, 0.4) is 0 Å². The Morgan fingerprint density at radius 3 is 2.33 bits per heavy atom. The Morgan fingerprint density at radius 1 is 0.963 bits per heavy atom. The first-order chi connectivity index (χ1) is 13.2. The van der Waals surface area contributed by atoms with Crippen LogP contribution in [0.5, 0.6) is 5.75 Å². The van der Waals surface area contributed by atoms with Crippen LogP contribution in [-0.2, 0) is 0 Å². The van der Waals surface area contributed by atoms with Crippen LogP contribution in [0.4, 0.5) is 5.69 Å². The zero-order chi connectivity index (χ0) is 18.9. The Bertz CT molecular complexity index is 940. The van der Waals surface area contributed by atoms with Gasteiger partial charge in [0.1, 0.15) is 12.3 Å². The minimum absolute atomic E-state index is 0.489. The average molecular weight is 419 g/mol. The number of hydrogen-bond donors (Lipinski definition) is 0. The van der Waals surface area contributed by atoms with Gasteiger partial charge in [0, 0.05) is 10.0 Å². The summed E-state index contributed by atoms with van der Waals surface area (Å²) in [6.07, 6.45) is 1.84. The van der Waals surface area contributed by atoms with Gasteiger partial charge in [-0.15, -0.1) is 0 Å². The molecule has 0 saturated heterocycles. The summed E-state index contributed by atoms with van der Waals surface area (Å²) in [6, 6.07) is 25.8. The van der Waals surface area contributed by atoms with Crippen molar-refractivity contribution in [2.45, 2.75) is 0 Å². The highest BCUT2D eigenvalue weighted by Crippen LogP contribution is 2.14. The summed E-state index contributed by atoms with van der Waals surface area (Å²) < 4.78 is 6.22. The van der Waals surface area contributed by atoms with Crippen molar-refractivity contribution in [2.24, 2.45) is 5.10 Å². The molecule has 3 nitrogen and oxygen atoms in total. The predicted molar refractivity (Wildman–Crippen MR) is 115 cm³/mol. The molecule has 0 aliphatic heterocycles. The number of hydrogen-bond acceptors (Lipinski definition) is 3. The molecule has 0 heterocycles. The van der Waals surface area contributed by atoms with Crippen LogP contribution in [0.2, 0.25) is 0 Å². The van der Waals surface area contributed by atoms with Crippen molar-refractivity contribution in [3.8, 4) is 17.6 Å². The van der Waals surface area contributed by atoms with Gasteiger partial charge in [-0.1, -0.05) is 58.1 Å². The fourth-order valence-electron chi connectivity index (χ4n) is 2.37. The van der Waals surface area contributed by atoms with E-state index in [4.69, 9.17) is 4.74 Å². The highest BCUT2D eigenvalue weighted by Gasteiger charge is 2.01. The van der Waals surface area contributed by atoms with Crippen LogP contribution < -0.4 is 9.75 Å². The number of nitrogens with zero attached hydrogens (tertiary/aromatic N) is 2. The topological polar surface area (TPSA) is 24.8 Å². The largest absolute Gasteiger partial charge is 0.497 e. The Labute approximate surface area is 168 Å². The first kappa shape index (κ1) is 18.8. The summed E-state index contributed by atoms with van der Waals surface area (Å²) in [4.78, 5) is 0. The molecule has 0 N–H and O–H groups in total. The maximum atomic E-state index is 5.17. The van der Waals surface area contributed by atoms with Crippen molar-refractivity contribution in [2.75, 3.05) is 18.7 Å². The van der Waals surface area contributed by atoms with Crippen molar-refractivity contribution < 1.29 is 4.74 Å². The third-order valence-corrected chi connectivity index (χ3v) is 4.35. The molecule has 0 unspecified atom stereocenters. The van der Waals surface area contributed by atoms with E-state index in [2.05, 4.69) is 32.9 Å². The van der Waals surface area contributed by atoms with E-state index >= 15 is 0 Å². The molecule has 0 radical (unpaired) electrons. The van der Waals surface area contributed by atoms with Gasteiger partial charge in [0.05, 0.1) is 19.0 Å². The van der Waals surface area contributed by atoms with Crippen molar-refractivity contribution in [1.82, 2.24) is 0 Å². The van der Waals surface area contributed by atoms with Crippen molar-refractivity contribution >= 4 is 27.8 Å². The molecule has 0 atom stereocenters. The van der Waals surface area contributed by atoms with E-state index in [-0.39, 0.29) is 0 Å². The molecular weight excluding hydrogens is 400 g/mol. The third-order valence-electron chi connectivity index (χ3n) is 3.82. The number of benzene rings is 3. The second-order valence-corrected chi connectivity index (χ2v) is 6.64. The Hall–Kier alpha value is -3.03. The molecule has 0 spiro atoms. The maximum Gasteiger partial charge on any atom is 0.118 e. The monoisotopic (exact) mass is 418 g/mol. The van der Waals surface area contributed by atoms with Crippen LogP contribution in [0.25, 0.3) is 0 Å². The molecule has 0 amide bonds. The normalized spacial score (nSPS) is 10.3. The second-order valence-electron chi connectivity index (χ2n) is 5.72. The lowest BCUT2D eigenvalue weighted by atomic mass is 10.2. The SMILES string of the molecule is COc1ccc(C#CCN(/N=C/c2ccc(Br)cc2)c2ccccc2)cc1. The van der Waals surface area contributed by atoms with Gasteiger partial charge in [0.25, 0.3) is 0 Å². The Morgan fingerprint density at radius 2 is 1.67 bits per heavy atom. The summed E-state index contributed by atoms with van der Waals surface area (Å²) in [5, 5.41) is 6.51. The number of para-hydroxylation sites is 1. The smallest absolute Gasteiger partial charge is 0.118 e. The standard InChI is InChI=1S/C23H19BrN2O/c1-27-23-15-11-19(12-16-23)6-5-17-26(22-7-3-2-4-8-22)25-18-20-9-13-21(24)14-10-20/h2-4,7-16,18H,17H2,1H3/b25-18+. The van der Waals surface area contributed by atoms with E-state index in [1.165, 1.54) is 0 Å². The summed E-state index contributed by atoms with van der Waals surface area (Å²) in [5.41, 5.74) is 2.97. The van der Waals surface area contributed by atoms with E-state index in [9.17, 15) is 0 Å². The van der Waals surface area contributed by atoms with E-state index in [1.807, 2.05) is 90.1 Å². The first-order valence-corrected chi connectivity index (χ1v) is 9.29. The molecule has 134 valence electrons. The minimum Gasteiger partial charge on any atom is -0.497 e. The summed E-state index contributed by atoms with van der Waals surface area (Å²) in [6.45, 7) is 0.489. The van der Waals surface area contributed by atoms with Crippen LogP contribution in [-0.4, -0.2) is 19.9 Å². The van der Waals surface area contributed by atoms with Gasteiger partial charge in [0.2, 0.25) is 0 Å². The lowest BCUT2D eigenvalue weighted by molar-refractivity contribution is 0.415. The fraction of sp³-hybridized carbons (Fsp3) is 0.0870. The zero-order valence-corrected chi connectivity index (χ0v) is 16.6. The Balaban J connectivity index is 1.76. The highest BCUT2D eigenvalue weighted by molar-refractivity contribution is 9.10. The van der Waals surface area contributed by atoms with Crippen molar-refractivity contribution in [3.05, 3.63) is 94.5 Å². The van der Waals surface area contributed by atoms with Gasteiger partial charge in [0.15, 0.2) is 0 Å². The fourth-order valence-corrected chi connectivity index (χ4v) is 2.64. The number of anilines is 1. The Kier molecular flexibility index (Phi) is 6.67. The average Bonchev–Trinajstić information content (AvgIpc) is 2.73. The van der Waals surface area contributed by atoms with Gasteiger partial charge in [-0.25, -0.2) is 0 Å². The molecule has 3 rings (SSSR count). The molecule has 3 aromatic rings. The molecule has 0 bridgehead atoms. The van der Waals surface area contributed by atoms with Crippen molar-refractivity contribution in [3.63, 3.8) is 0 Å². The molecule has 0 aliphatic carbocycles. The van der Waals surface area contributed by atoms with Gasteiger partial charge >= 0.3 is 0 Å². The van der Waals surface area contributed by atoms with Crippen LogP contribution in [0.1, 0.15) is 11.1 Å². The lowest BCUT2D eigenvalue weighted by Crippen LogP contribution is -2.16. The molecule has 3 aromatic carbocycles. The van der Waals surface area contributed by atoms with E-state index in [0.29, 0.717) is 6.54 Å². The van der Waals surface area contributed by atoms with Crippen LogP contribution >= 0.6 is 15.9 Å². The highest BCUT2D eigenvalue weighted by atomic mass is 79.9. The van der Waals surface area contributed by atoms with E-state index in [1.54, 1.807) is 7.11 Å². The summed E-state index contributed by atoms with van der Waals surface area (Å²) in [5.74, 6) is 7.20. The number of methoxy groups -OCH3 is 1. The number of halogens is 1. The quantitative estimate of drug-likeness (QED) is 0.317. The summed E-state index contributed by atoms with van der Waals surface area (Å²) in [7, 11) is 1.65. The van der Waals surface area contributed by atoms with Gasteiger partial charge in [-0.05, 0) is 54.1 Å². The third kappa shape index (κ3) is 5.73. The zero-order valence-electron chi connectivity index (χ0n) is 15.0. The van der Waals surface area contributed by atoms with Crippen LogP contribution in [0, 0.1) is 11.8 Å². The van der Waals surface area contributed by atoms with E-state index < -0.39 is 0 Å². The van der Waals surface area contributed by atoms with Crippen molar-refractivity contribution in [1.29, 1.82) is 0 Å². The maximum absolute atomic E-state index is 5.17. The molecule has 4 heteroatoms. The number of rotatable bonds is 5. The molecule has 0 saturated carbocycles. The van der Waals surface area contributed by atoms with Gasteiger partial charge < -0.3 is 4.74 Å². The first-order valence-electron chi connectivity index (χ1n) is 8.50. The number of hydrazone groups is 1. The molecular formula is C23H19BrN2O. The van der Waals surface area contributed by atoms with Gasteiger partial charge in [-0.3, -0.25) is 5.01 Å². The van der Waals surface area contributed by atoms with Crippen LogP contribution in [0.15, 0.2) is 88.4 Å². The number of ether oxygens (including phenoxy) is 1. The molecule has 0 aromatic heterocycles. The predicted octanol–water partition coefficient (Wildman–Crippen LogP) is 5.35. The molecule has 27 heavy (non-hydrogen) atoms. The lowest BCUT2D eigenvalue weighted by Gasteiger charge is -2.16. The molecule has 0 aliphatic rings. The second kappa shape index (κ2) is 9.61. The molecule has 0 fully saturated rings. The van der Waals surface area contributed by atoms with E-state index in [0.717, 1.165) is 27.0 Å². The summed E-state index contributed by atoms with van der Waals surface area (Å²) >= 11 is 3.45.